The van der Waals surface area contributed by atoms with E-state index in [1.807, 2.05) is 0 Å². The molecule has 0 fully saturated rings. The maximum Gasteiger partial charge on any atom is 0.110 e. The van der Waals surface area contributed by atoms with Crippen LogP contribution in [0.25, 0.3) is 12.2 Å². The molecular formula is C39H48P+. The molecule has 0 amide bonds. The summed E-state index contributed by atoms with van der Waals surface area (Å²) in [6, 6.07) is 23.4. The fraction of sp³-hybridized carbons (Fsp3) is 0.333. The molecule has 0 bridgehead atoms. The van der Waals surface area contributed by atoms with Crippen LogP contribution in [0.5, 0.6) is 0 Å². The summed E-state index contributed by atoms with van der Waals surface area (Å²) in [4.78, 5) is 0. The lowest BCUT2D eigenvalue weighted by Crippen LogP contribution is -2.38. The van der Waals surface area contributed by atoms with Crippen molar-refractivity contribution in [1.82, 2.24) is 0 Å². The van der Waals surface area contributed by atoms with Crippen LogP contribution in [0.15, 0.2) is 60.7 Å². The van der Waals surface area contributed by atoms with E-state index in [1.165, 1.54) is 72.9 Å². The molecule has 1 heteroatoms. The van der Waals surface area contributed by atoms with Gasteiger partial charge in [0.05, 0.1) is 6.66 Å². The van der Waals surface area contributed by atoms with E-state index in [2.05, 4.69) is 149 Å². The Morgan fingerprint density at radius 2 is 0.900 bits per heavy atom. The highest BCUT2D eigenvalue weighted by molar-refractivity contribution is 7.95. The Labute approximate surface area is 244 Å². The zero-order valence-corrected chi connectivity index (χ0v) is 27.6. The normalized spacial score (nSPS) is 12.8. The van der Waals surface area contributed by atoms with Crippen LogP contribution in [0.1, 0.15) is 87.4 Å². The minimum absolute atomic E-state index is 0.607. The Hall–Kier alpha value is -2.95. The summed E-state index contributed by atoms with van der Waals surface area (Å²) >= 11 is 0. The van der Waals surface area contributed by atoms with Crippen LogP contribution in [0, 0.1) is 55.4 Å². The first-order chi connectivity index (χ1) is 18.9. The topological polar surface area (TPSA) is 0 Å². The molecule has 208 valence electrons. The molecule has 0 aliphatic carbocycles. The van der Waals surface area contributed by atoms with Gasteiger partial charge in [-0.2, -0.15) is 0 Å². The van der Waals surface area contributed by atoms with Crippen molar-refractivity contribution in [3.63, 3.8) is 0 Å². The van der Waals surface area contributed by atoms with Crippen LogP contribution in [0.2, 0.25) is 0 Å². The number of hydrogen-bond acceptors (Lipinski definition) is 0. The van der Waals surface area contributed by atoms with Gasteiger partial charge < -0.3 is 0 Å². The highest BCUT2D eigenvalue weighted by Gasteiger charge is 2.47. The van der Waals surface area contributed by atoms with Crippen molar-refractivity contribution in [3.05, 3.63) is 122 Å². The molecule has 1 atom stereocenters. The van der Waals surface area contributed by atoms with Crippen LogP contribution in [-0.2, 0) is 0 Å². The van der Waals surface area contributed by atoms with E-state index in [4.69, 9.17) is 0 Å². The maximum absolute atomic E-state index is 2.58. The summed E-state index contributed by atoms with van der Waals surface area (Å²) in [5.41, 5.74) is 15.1. The van der Waals surface area contributed by atoms with E-state index in [9.17, 15) is 0 Å². The van der Waals surface area contributed by atoms with Crippen molar-refractivity contribution < 1.29 is 0 Å². The van der Waals surface area contributed by atoms with Gasteiger partial charge in [-0.25, -0.2) is 0 Å². The standard InChI is InChI=1S/C39H48P/c1-12-27(4)36-17-15-34(16-18-36)13-14-35-23-32(9)39(33(10)24-35)40(11,37-28(5)19-25(2)20-29(37)6)38-30(7)21-26(3)22-31(38)8/h13-24,27H,12H2,1-11H3/q+1/b14-13+. The van der Waals surface area contributed by atoms with Crippen molar-refractivity contribution in [2.45, 2.75) is 81.6 Å². The molecule has 0 heterocycles. The highest BCUT2D eigenvalue weighted by Crippen LogP contribution is 2.56. The van der Waals surface area contributed by atoms with E-state index >= 15 is 0 Å². The Morgan fingerprint density at radius 1 is 0.550 bits per heavy atom. The van der Waals surface area contributed by atoms with Gasteiger partial charge in [0.1, 0.15) is 23.2 Å². The molecule has 0 aliphatic rings. The van der Waals surface area contributed by atoms with Crippen molar-refractivity contribution in [3.8, 4) is 0 Å². The first-order valence-electron chi connectivity index (χ1n) is 14.8. The Bertz CT molecular complexity index is 1440. The number of aryl methyl sites for hydroxylation is 8. The van der Waals surface area contributed by atoms with Crippen molar-refractivity contribution >= 4 is 35.3 Å². The molecule has 0 aliphatic heterocycles. The molecule has 0 N–H and O–H groups in total. The Balaban J connectivity index is 1.89. The number of benzene rings is 4. The fourth-order valence-electron chi connectivity index (χ4n) is 7.25. The number of rotatable bonds is 7. The SMILES string of the molecule is CCC(C)c1ccc(/C=C/c2cc(C)c([P+](C)(c3c(C)cc(C)cc3C)c3c(C)cc(C)cc3C)c(C)c2)cc1. The summed E-state index contributed by atoms with van der Waals surface area (Å²) in [7, 11) is -1.93. The van der Waals surface area contributed by atoms with Gasteiger partial charge in [0.25, 0.3) is 0 Å². The van der Waals surface area contributed by atoms with E-state index in [0.29, 0.717) is 5.92 Å². The third-order valence-electron chi connectivity index (χ3n) is 8.71. The predicted molar refractivity (Wildman–Crippen MR) is 183 cm³/mol. The van der Waals surface area contributed by atoms with Gasteiger partial charge in [-0.1, -0.05) is 85.7 Å². The van der Waals surface area contributed by atoms with Gasteiger partial charge >= 0.3 is 0 Å². The smallest absolute Gasteiger partial charge is 0.0648 e. The molecule has 0 saturated carbocycles. The van der Waals surface area contributed by atoms with Gasteiger partial charge in [0, 0.05) is 0 Å². The first kappa shape index (κ1) is 30.0. The lowest BCUT2D eigenvalue weighted by Gasteiger charge is -2.31. The lowest BCUT2D eigenvalue weighted by atomic mass is 9.97. The maximum atomic E-state index is 2.58. The van der Waals surface area contributed by atoms with Gasteiger partial charge in [-0.3, -0.25) is 0 Å². The Kier molecular flexibility index (Phi) is 8.92. The quantitative estimate of drug-likeness (QED) is 0.160. The van der Waals surface area contributed by atoms with E-state index in [-0.39, 0.29) is 0 Å². The molecule has 0 nitrogen and oxygen atoms in total. The molecule has 0 spiro atoms. The number of hydrogen-bond donors (Lipinski definition) is 0. The molecule has 40 heavy (non-hydrogen) atoms. The monoisotopic (exact) mass is 547 g/mol. The molecular weight excluding hydrogens is 499 g/mol. The van der Waals surface area contributed by atoms with Crippen LogP contribution in [0.4, 0.5) is 0 Å². The molecule has 0 saturated heterocycles. The summed E-state index contributed by atoms with van der Waals surface area (Å²) in [6.45, 7) is 25.5. The second kappa shape index (κ2) is 11.9. The highest BCUT2D eigenvalue weighted by atomic mass is 31.2. The zero-order chi connectivity index (χ0) is 29.4. The van der Waals surface area contributed by atoms with Crippen molar-refractivity contribution in [2.75, 3.05) is 6.66 Å². The van der Waals surface area contributed by atoms with Crippen LogP contribution in [-0.4, -0.2) is 6.66 Å². The fourth-order valence-corrected chi connectivity index (χ4v) is 12.5. The third-order valence-corrected chi connectivity index (χ3v) is 13.5. The molecule has 4 aromatic carbocycles. The van der Waals surface area contributed by atoms with Gasteiger partial charge in [0.15, 0.2) is 0 Å². The van der Waals surface area contributed by atoms with Gasteiger partial charge in [0.2, 0.25) is 0 Å². The lowest BCUT2D eigenvalue weighted by molar-refractivity contribution is 0.733. The van der Waals surface area contributed by atoms with Crippen molar-refractivity contribution in [2.24, 2.45) is 0 Å². The van der Waals surface area contributed by atoms with E-state index in [1.54, 1.807) is 10.6 Å². The molecule has 0 aromatic heterocycles. The minimum atomic E-state index is -1.93. The van der Waals surface area contributed by atoms with E-state index in [0.717, 1.165) is 0 Å². The van der Waals surface area contributed by atoms with Crippen LogP contribution < -0.4 is 15.9 Å². The van der Waals surface area contributed by atoms with Gasteiger partial charge in [-0.05, 0) is 130 Å². The second-order valence-electron chi connectivity index (χ2n) is 12.3. The molecule has 1 unspecified atom stereocenters. The van der Waals surface area contributed by atoms with Crippen LogP contribution >= 0.6 is 7.26 Å². The average Bonchev–Trinajstić information content (AvgIpc) is 2.85. The predicted octanol–water partition coefficient (Wildman–Crippen LogP) is 9.76. The minimum Gasteiger partial charge on any atom is -0.0648 e. The van der Waals surface area contributed by atoms with Gasteiger partial charge in [-0.15, -0.1) is 0 Å². The summed E-state index contributed by atoms with van der Waals surface area (Å²) < 4.78 is 0. The third kappa shape index (κ3) is 5.75. The zero-order valence-electron chi connectivity index (χ0n) is 26.7. The largest absolute Gasteiger partial charge is 0.110 e. The summed E-state index contributed by atoms with van der Waals surface area (Å²) in [5, 5.41) is 4.63. The first-order valence-corrected chi connectivity index (χ1v) is 17.0. The summed E-state index contributed by atoms with van der Waals surface area (Å²) in [6.07, 6.45) is 5.71. The molecule has 4 rings (SSSR count). The molecule has 4 aromatic rings. The van der Waals surface area contributed by atoms with Crippen molar-refractivity contribution in [1.29, 1.82) is 0 Å². The van der Waals surface area contributed by atoms with Crippen LogP contribution in [0.3, 0.4) is 0 Å². The Morgan fingerprint density at radius 3 is 1.27 bits per heavy atom. The van der Waals surface area contributed by atoms with E-state index < -0.39 is 7.26 Å². The molecule has 0 radical (unpaired) electrons. The average molecular weight is 548 g/mol. The second-order valence-corrected chi connectivity index (χ2v) is 15.7. The summed E-state index contributed by atoms with van der Waals surface area (Å²) in [5.74, 6) is 0.607.